The van der Waals surface area contributed by atoms with Gasteiger partial charge in [0, 0.05) is 23.5 Å². The third-order valence-corrected chi connectivity index (χ3v) is 9.71. The summed E-state index contributed by atoms with van der Waals surface area (Å²) >= 11 is 0. The monoisotopic (exact) mass is 599 g/mol. The van der Waals surface area contributed by atoms with Gasteiger partial charge in [0.05, 0.1) is 29.1 Å². The maximum Gasteiger partial charge on any atom is 0.264 e. The topological polar surface area (TPSA) is 116 Å². The number of aryl methyl sites for hydroxylation is 2. The predicted octanol–water partition coefficient (Wildman–Crippen LogP) is 6.44. The highest BCUT2D eigenvalue weighted by Gasteiger charge is 2.49. The van der Waals surface area contributed by atoms with Gasteiger partial charge in [-0.25, -0.2) is 28.1 Å². The van der Waals surface area contributed by atoms with Gasteiger partial charge in [-0.2, -0.15) is 4.98 Å². The largest absolute Gasteiger partial charge is 0.488 e. The van der Waals surface area contributed by atoms with E-state index in [1.165, 1.54) is 0 Å². The molecule has 10 heteroatoms. The lowest BCUT2D eigenvalue weighted by molar-refractivity contribution is 0.117. The molecule has 224 valence electrons. The first-order valence-corrected chi connectivity index (χ1v) is 16.2. The number of anilines is 1. The molecule has 0 radical (unpaired) electrons. The molecule has 0 spiro atoms. The molecule has 6 bridgehead atoms. The van der Waals surface area contributed by atoms with Gasteiger partial charge < -0.3 is 9.47 Å². The lowest BCUT2D eigenvalue weighted by atomic mass is 9.79. The van der Waals surface area contributed by atoms with E-state index in [1.807, 2.05) is 58.0 Å². The van der Waals surface area contributed by atoms with Crippen LogP contribution < -0.4 is 14.2 Å². The van der Waals surface area contributed by atoms with Gasteiger partial charge in [-0.05, 0) is 74.8 Å². The Morgan fingerprint density at radius 1 is 0.953 bits per heavy atom. The Morgan fingerprint density at radius 2 is 1.65 bits per heavy atom. The molecule has 2 aliphatic rings. The van der Waals surface area contributed by atoms with E-state index < -0.39 is 10.0 Å². The highest BCUT2D eigenvalue weighted by Crippen LogP contribution is 2.53. The summed E-state index contributed by atoms with van der Waals surface area (Å²) in [5.74, 6) is 1.63. The SMILES string of the molecule is Cc1cccc(C)c1-c1cc2nc(n1)NS(=O)(=O)c1cccc(c1)C1CC(O2)C(C(C)C)C1c1ncc(OC(C)C)cn1. The minimum absolute atomic E-state index is 0.00811. The first-order valence-electron chi connectivity index (χ1n) is 14.7. The molecule has 1 aliphatic carbocycles. The summed E-state index contributed by atoms with van der Waals surface area (Å²) in [5, 5.41) is 0. The summed E-state index contributed by atoms with van der Waals surface area (Å²) in [4.78, 5) is 18.9. The van der Waals surface area contributed by atoms with Gasteiger partial charge in [0.25, 0.3) is 10.0 Å². The minimum atomic E-state index is -3.99. The molecule has 3 heterocycles. The van der Waals surface area contributed by atoms with E-state index in [0.29, 0.717) is 29.6 Å². The van der Waals surface area contributed by atoms with Crippen molar-refractivity contribution >= 4 is 16.0 Å². The number of aromatic nitrogens is 4. The molecule has 1 fully saturated rings. The Labute approximate surface area is 253 Å². The predicted molar refractivity (Wildman–Crippen MR) is 165 cm³/mol. The van der Waals surface area contributed by atoms with Gasteiger partial charge in [0.1, 0.15) is 11.9 Å². The van der Waals surface area contributed by atoms with Crippen LogP contribution in [-0.2, 0) is 10.0 Å². The Kier molecular flexibility index (Phi) is 7.58. The van der Waals surface area contributed by atoms with E-state index >= 15 is 0 Å². The average molecular weight is 600 g/mol. The van der Waals surface area contributed by atoms with Gasteiger partial charge in [-0.1, -0.05) is 44.2 Å². The van der Waals surface area contributed by atoms with Crippen LogP contribution in [-0.4, -0.2) is 40.6 Å². The van der Waals surface area contributed by atoms with Gasteiger partial charge in [-0.15, -0.1) is 0 Å². The minimum Gasteiger partial charge on any atom is -0.488 e. The number of hydrogen-bond donors (Lipinski definition) is 1. The highest BCUT2D eigenvalue weighted by atomic mass is 32.2. The molecule has 1 N–H and O–H groups in total. The highest BCUT2D eigenvalue weighted by molar-refractivity contribution is 7.92. The van der Waals surface area contributed by atoms with E-state index in [1.54, 1.807) is 30.6 Å². The fourth-order valence-corrected chi connectivity index (χ4v) is 7.67. The third kappa shape index (κ3) is 5.68. The lowest BCUT2D eigenvalue weighted by Gasteiger charge is -2.29. The van der Waals surface area contributed by atoms with Crippen LogP contribution in [0.4, 0.5) is 5.95 Å². The van der Waals surface area contributed by atoms with Gasteiger partial charge in [0.2, 0.25) is 11.8 Å². The second-order valence-electron chi connectivity index (χ2n) is 12.1. The molecule has 1 saturated carbocycles. The van der Waals surface area contributed by atoms with Crippen LogP contribution in [0.5, 0.6) is 11.6 Å². The number of sulfonamides is 1. The van der Waals surface area contributed by atoms with Gasteiger partial charge in [0.15, 0.2) is 5.75 Å². The second-order valence-corrected chi connectivity index (χ2v) is 13.8. The van der Waals surface area contributed by atoms with Crippen molar-refractivity contribution in [1.82, 2.24) is 19.9 Å². The second kappa shape index (κ2) is 11.2. The number of fused-ring (bicyclic) bond motifs is 7. The molecule has 0 amide bonds. The average Bonchev–Trinajstić information content (AvgIpc) is 3.32. The number of benzene rings is 2. The van der Waals surface area contributed by atoms with Gasteiger partial charge in [-0.3, -0.25) is 0 Å². The number of rotatable bonds is 5. The standard InChI is InChI=1S/C33H37N5O4S/c1-18(2)29-27-14-25(31(29)32-34-16-23(17-35-32)41-19(3)4)22-11-8-12-24(13-22)43(39,40)38-33-36-26(15-28(37-33)42-27)30-20(5)9-7-10-21(30)6/h7-13,15-19,25,27,29,31H,14H2,1-6H3,(H,36,37,38). The third-order valence-electron chi connectivity index (χ3n) is 8.39. The first-order chi connectivity index (χ1) is 20.5. The fourth-order valence-electron chi connectivity index (χ4n) is 6.68. The summed E-state index contributed by atoms with van der Waals surface area (Å²) in [5.41, 5.74) is 4.47. The summed E-state index contributed by atoms with van der Waals surface area (Å²) in [6.07, 6.45) is 3.87. The fraction of sp³-hybridized carbons (Fsp3) is 0.394. The summed E-state index contributed by atoms with van der Waals surface area (Å²) < 4.78 is 42.5. The first kappa shape index (κ1) is 29.0. The van der Waals surface area contributed by atoms with Crippen molar-refractivity contribution in [2.45, 2.75) is 76.9 Å². The quantitative estimate of drug-likeness (QED) is 0.279. The zero-order chi connectivity index (χ0) is 30.5. The van der Waals surface area contributed by atoms with Crippen LogP contribution in [0.1, 0.15) is 68.5 Å². The lowest BCUT2D eigenvalue weighted by Crippen LogP contribution is -2.30. The van der Waals surface area contributed by atoms with E-state index in [-0.39, 0.29) is 46.7 Å². The van der Waals surface area contributed by atoms with Crippen molar-refractivity contribution in [3.05, 3.63) is 83.4 Å². The number of hydrogen-bond acceptors (Lipinski definition) is 8. The van der Waals surface area contributed by atoms with Crippen molar-refractivity contribution < 1.29 is 17.9 Å². The van der Waals surface area contributed by atoms with Crippen LogP contribution in [0, 0.1) is 25.7 Å². The van der Waals surface area contributed by atoms with Crippen molar-refractivity contribution in [2.24, 2.45) is 11.8 Å². The summed E-state index contributed by atoms with van der Waals surface area (Å²) in [7, 11) is -3.99. The molecule has 9 nitrogen and oxygen atoms in total. The molecule has 4 aromatic rings. The van der Waals surface area contributed by atoms with Crippen LogP contribution in [0.15, 0.2) is 65.8 Å². The maximum atomic E-state index is 13.7. The molecule has 4 atom stereocenters. The van der Waals surface area contributed by atoms with E-state index in [2.05, 4.69) is 28.5 Å². The zero-order valence-electron chi connectivity index (χ0n) is 25.3. The maximum absolute atomic E-state index is 13.7. The molecule has 0 saturated heterocycles. The molecule has 4 unspecified atom stereocenters. The van der Waals surface area contributed by atoms with Crippen LogP contribution in [0.3, 0.4) is 0 Å². The molecule has 6 rings (SSSR count). The van der Waals surface area contributed by atoms with Crippen molar-refractivity contribution in [3.8, 4) is 22.9 Å². The number of ether oxygens (including phenoxy) is 2. The number of nitrogens with zero attached hydrogens (tertiary/aromatic N) is 4. The van der Waals surface area contributed by atoms with Crippen molar-refractivity contribution in [2.75, 3.05) is 4.72 Å². The Bertz CT molecular complexity index is 1740. The van der Waals surface area contributed by atoms with Crippen LogP contribution in [0.2, 0.25) is 0 Å². The van der Waals surface area contributed by atoms with E-state index in [4.69, 9.17) is 19.4 Å². The molecule has 1 aliphatic heterocycles. The normalized spacial score (nSPS) is 22.3. The van der Waals surface area contributed by atoms with E-state index in [9.17, 15) is 8.42 Å². The van der Waals surface area contributed by atoms with E-state index in [0.717, 1.165) is 22.3 Å². The molecular formula is C33H37N5O4S. The molecular weight excluding hydrogens is 562 g/mol. The Hall–Kier alpha value is -4.05. The molecule has 2 aromatic carbocycles. The smallest absolute Gasteiger partial charge is 0.264 e. The van der Waals surface area contributed by atoms with Crippen LogP contribution >= 0.6 is 0 Å². The van der Waals surface area contributed by atoms with Crippen molar-refractivity contribution in [1.29, 1.82) is 0 Å². The Balaban J connectivity index is 1.52. The van der Waals surface area contributed by atoms with Crippen molar-refractivity contribution in [3.63, 3.8) is 0 Å². The van der Waals surface area contributed by atoms with Gasteiger partial charge >= 0.3 is 0 Å². The Morgan fingerprint density at radius 3 is 2.33 bits per heavy atom. The zero-order valence-corrected chi connectivity index (χ0v) is 26.1. The van der Waals surface area contributed by atoms with Crippen LogP contribution in [0.25, 0.3) is 11.3 Å². The molecule has 2 aromatic heterocycles. The summed E-state index contributed by atoms with van der Waals surface area (Å²) in [6.45, 7) is 12.3. The molecule has 43 heavy (non-hydrogen) atoms. The summed E-state index contributed by atoms with van der Waals surface area (Å²) in [6, 6.07) is 14.9. The number of nitrogens with one attached hydrogen (secondary N) is 1.